The van der Waals surface area contributed by atoms with Crippen LogP contribution in [0.5, 0.6) is 5.75 Å². The quantitative estimate of drug-likeness (QED) is 0.376. The van der Waals surface area contributed by atoms with E-state index >= 15 is 0 Å². The number of alkyl halides is 4. The summed E-state index contributed by atoms with van der Waals surface area (Å²) >= 11 is 0. The number of halogens is 4. The molecule has 0 saturated carbocycles. The van der Waals surface area contributed by atoms with Gasteiger partial charge < -0.3 is 15.0 Å². The van der Waals surface area contributed by atoms with E-state index in [1.165, 1.54) is 30.8 Å². The number of hydrogen-bond acceptors (Lipinski definition) is 7. The summed E-state index contributed by atoms with van der Waals surface area (Å²) in [6.45, 7) is 4.93. The minimum Gasteiger partial charge on any atom is -0.426 e. The summed E-state index contributed by atoms with van der Waals surface area (Å²) in [5.74, 6) is -0.676. The zero-order valence-corrected chi connectivity index (χ0v) is 20.9. The Morgan fingerprint density at radius 1 is 1.11 bits per heavy atom. The fraction of sp³-hybridized carbons (Fsp3) is 0.542. The van der Waals surface area contributed by atoms with Crippen molar-refractivity contribution < 1.29 is 22.3 Å². The first-order valence-corrected chi connectivity index (χ1v) is 11.8. The van der Waals surface area contributed by atoms with Crippen molar-refractivity contribution in [1.29, 1.82) is 5.26 Å². The highest BCUT2D eigenvalue weighted by Gasteiger charge is 2.44. The largest absolute Gasteiger partial charge is 0.461 e. The molecule has 9 nitrogen and oxygen atoms in total. The summed E-state index contributed by atoms with van der Waals surface area (Å²) in [5.41, 5.74) is -0.437. The molecular weight excluding hydrogens is 496 g/mol. The first kappa shape index (κ1) is 28.0. The number of para-hydroxylation sites is 2. The predicted octanol–water partition coefficient (Wildman–Crippen LogP) is 2.57. The number of benzene rings is 1. The molecule has 1 aliphatic rings. The van der Waals surface area contributed by atoms with Gasteiger partial charge >= 0.3 is 18.2 Å². The summed E-state index contributed by atoms with van der Waals surface area (Å²) in [7, 11) is 2.91. The minimum atomic E-state index is -4.58. The van der Waals surface area contributed by atoms with Gasteiger partial charge in [0.15, 0.2) is 0 Å². The number of rotatable bonds is 10. The lowest BCUT2D eigenvalue weighted by Crippen LogP contribution is -2.47. The second kappa shape index (κ2) is 11.7. The van der Waals surface area contributed by atoms with E-state index in [-0.39, 0.29) is 11.3 Å². The summed E-state index contributed by atoms with van der Waals surface area (Å²) in [4.78, 5) is 28.9. The van der Waals surface area contributed by atoms with E-state index in [0.717, 1.165) is 4.57 Å². The Balaban J connectivity index is 1.57. The Kier molecular flexibility index (Phi) is 8.85. The highest BCUT2D eigenvalue weighted by Crippen LogP contribution is 2.35. The average Bonchev–Trinajstić information content (AvgIpc) is 2.88. The smallest absolute Gasteiger partial charge is 0.426 e. The summed E-state index contributed by atoms with van der Waals surface area (Å²) < 4.78 is 58.7. The molecular formula is C24H30F4N6O3. The van der Waals surface area contributed by atoms with Gasteiger partial charge in [-0.15, -0.1) is 0 Å². The van der Waals surface area contributed by atoms with Gasteiger partial charge in [0.25, 0.3) is 5.56 Å². The van der Waals surface area contributed by atoms with Gasteiger partial charge in [-0.3, -0.25) is 18.8 Å². The molecule has 1 aromatic carbocycles. The SMILES string of the molecule is CC(C#N)c1c(NCCCN2CCN(c3ccccc3OC(F)(F)C(F)F)CC2)n(C)c(=O)n(C)c1=O. The Morgan fingerprint density at radius 2 is 1.76 bits per heavy atom. The number of anilines is 2. The van der Waals surface area contributed by atoms with Crippen molar-refractivity contribution in [1.82, 2.24) is 14.0 Å². The maximum absolute atomic E-state index is 13.5. The molecule has 0 bridgehead atoms. The molecule has 1 N–H and O–H groups in total. The molecule has 2 heterocycles. The van der Waals surface area contributed by atoms with Crippen LogP contribution in [0, 0.1) is 11.3 Å². The number of nitriles is 1. The van der Waals surface area contributed by atoms with E-state index < -0.39 is 29.7 Å². The number of piperazine rings is 1. The number of nitrogens with zero attached hydrogens (tertiary/aromatic N) is 5. The molecule has 1 aliphatic heterocycles. The Morgan fingerprint density at radius 3 is 2.38 bits per heavy atom. The Labute approximate surface area is 211 Å². The van der Waals surface area contributed by atoms with E-state index in [4.69, 9.17) is 0 Å². The van der Waals surface area contributed by atoms with Gasteiger partial charge in [0.05, 0.1) is 23.2 Å². The standard InChI is InChI=1S/C24H30F4N6O3/c1-16(15-29)19-20(31(2)23(36)32(3)21(19)35)30-9-6-10-33-11-13-34(14-12-33)17-7-4-5-8-18(17)37-24(27,28)22(25)26/h4-5,7-8,16,22,30H,6,9-14H2,1-3H3. The van der Waals surface area contributed by atoms with Gasteiger partial charge in [-0.05, 0) is 32.0 Å². The lowest BCUT2D eigenvalue weighted by Gasteiger charge is -2.37. The van der Waals surface area contributed by atoms with Gasteiger partial charge in [0.2, 0.25) is 0 Å². The van der Waals surface area contributed by atoms with Crippen molar-refractivity contribution in [2.75, 3.05) is 49.5 Å². The highest BCUT2D eigenvalue weighted by atomic mass is 19.3. The van der Waals surface area contributed by atoms with Crippen LogP contribution in [0.25, 0.3) is 0 Å². The summed E-state index contributed by atoms with van der Waals surface area (Å²) in [5, 5.41) is 12.5. The van der Waals surface area contributed by atoms with Gasteiger partial charge in [0, 0.05) is 46.8 Å². The molecule has 0 aliphatic carbocycles. The van der Waals surface area contributed by atoms with Crippen LogP contribution >= 0.6 is 0 Å². The number of hydrogen-bond donors (Lipinski definition) is 1. The van der Waals surface area contributed by atoms with Crippen LogP contribution in [-0.2, 0) is 14.1 Å². The van der Waals surface area contributed by atoms with Gasteiger partial charge in [-0.1, -0.05) is 12.1 Å². The van der Waals surface area contributed by atoms with Gasteiger partial charge in [-0.25, -0.2) is 4.79 Å². The second-order valence-electron chi connectivity index (χ2n) is 8.86. The van der Waals surface area contributed by atoms with Crippen LogP contribution in [0.1, 0.15) is 24.8 Å². The van der Waals surface area contributed by atoms with E-state index in [9.17, 15) is 32.4 Å². The first-order valence-electron chi connectivity index (χ1n) is 11.8. The third kappa shape index (κ3) is 6.25. The van der Waals surface area contributed by atoms with Crippen molar-refractivity contribution >= 4 is 11.5 Å². The van der Waals surface area contributed by atoms with Crippen molar-refractivity contribution in [3.63, 3.8) is 0 Å². The third-order valence-electron chi connectivity index (χ3n) is 6.35. The van der Waals surface area contributed by atoms with Crippen LogP contribution in [-0.4, -0.2) is 65.8 Å². The van der Waals surface area contributed by atoms with E-state index in [1.807, 2.05) is 11.0 Å². The zero-order valence-electron chi connectivity index (χ0n) is 20.9. The van der Waals surface area contributed by atoms with Crippen LogP contribution in [0.2, 0.25) is 0 Å². The molecule has 0 spiro atoms. The van der Waals surface area contributed by atoms with E-state index in [1.54, 1.807) is 19.1 Å². The number of nitrogens with one attached hydrogen (secondary N) is 1. The van der Waals surface area contributed by atoms with E-state index in [0.29, 0.717) is 57.2 Å². The molecule has 2 aromatic rings. The molecule has 1 fully saturated rings. The lowest BCUT2D eigenvalue weighted by atomic mass is 10.0. The molecule has 202 valence electrons. The molecule has 3 rings (SSSR count). The molecule has 0 radical (unpaired) electrons. The normalized spacial score (nSPS) is 15.5. The highest BCUT2D eigenvalue weighted by molar-refractivity contribution is 5.59. The minimum absolute atomic E-state index is 0.235. The van der Waals surface area contributed by atoms with E-state index in [2.05, 4.69) is 15.0 Å². The third-order valence-corrected chi connectivity index (χ3v) is 6.35. The molecule has 1 unspecified atom stereocenters. The average molecular weight is 527 g/mol. The monoisotopic (exact) mass is 526 g/mol. The topological polar surface area (TPSA) is 95.5 Å². The summed E-state index contributed by atoms with van der Waals surface area (Å²) in [6, 6.07) is 7.93. The molecule has 1 atom stereocenters. The zero-order chi connectivity index (χ0) is 27.3. The second-order valence-corrected chi connectivity index (χ2v) is 8.86. The Bertz CT molecular complexity index is 1250. The fourth-order valence-corrected chi connectivity index (χ4v) is 4.26. The predicted molar refractivity (Wildman–Crippen MR) is 131 cm³/mol. The van der Waals surface area contributed by atoms with Crippen LogP contribution in [0.3, 0.4) is 0 Å². The first-order chi connectivity index (χ1) is 17.5. The molecule has 1 saturated heterocycles. The molecule has 37 heavy (non-hydrogen) atoms. The maximum atomic E-state index is 13.5. The van der Waals surface area contributed by atoms with Crippen molar-refractivity contribution in [2.45, 2.75) is 31.8 Å². The molecule has 1 aromatic heterocycles. The molecule has 13 heteroatoms. The number of aromatic nitrogens is 2. The van der Waals surface area contributed by atoms with Crippen molar-refractivity contribution in [2.24, 2.45) is 14.1 Å². The lowest BCUT2D eigenvalue weighted by molar-refractivity contribution is -0.253. The summed E-state index contributed by atoms with van der Waals surface area (Å²) in [6.07, 6.45) is -7.85. The Hall–Kier alpha value is -3.53. The molecule has 0 amide bonds. The fourth-order valence-electron chi connectivity index (χ4n) is 4.26. The van der Waals surface area contributed by atoms with Crippen molar-refractivity contribution in [3.05, 3.63) is 50.7 Å². The number of ether oxygens (including phenoxy) is 1. The van der Waals surface area contributed by atoms with Crippen LogP contribution in [0.15, 0.2) is 33.9 Å². The maximum Gasteiger partial charge on any atom is 0.461 e. The van der Waals surface area contributed by atoms with Crippen LogP contribution < -0.4 is 26.2 Å². The van der Waals surface area contributed by atoms with Crippen LogP contribution in [0.4, 0.5) is 29.1 Å². The van der Waals surface area contributed by atoms with Gasteiger partial charge in [0.1, 0.15) is 11.6 Å². The van der Waals surface area contributed by atoms with Gasteiger partial charge in [-0.2, -0.15) is 22.8 Å². The van der Waals surface area contributed by atoms with Crippen molar-refractivity contribution in [3.8, 4) is 11.8 Å².